The first kappa shape index (κ1) is 19.7. The Bertz CT molecular complexity index is 902. The van der Waals surface area contributed by atoms with Crippen molar-refractivity contribution in [1.82, 2.24) is 0 Å². The quantitative estimate of drug-likeness (QED) is 0.683. The van der Waals surface area contributed by atoms with Crippen LogP contribution < -0.4 is 0 Å². The summed E-state index contributed by atoms with van der Waals surface area (Å²) in [5.41, 5.74) is -1.13. The number of aliphatic hydroxyl groups is 1. The molecule has 0 fully saturated rings. The molecule has 2 aliphatic rings. The molecule has 1 aromatic rings. The maximum atomic E-state index is 12.7. The summed E-state index contributed by atoms with van der Waals surface area (Å²) in [6.45, 7) is 4.82. The highest BCUT2D eigenvalue weighted by atomic mass is 16.6. The Morgan fingerprint density at radius 2 is 2.04 bits per heavy atom. The van der Waals surface area contributed by atoms with Crippen LogP contribution in [-0.2, 0) is 14.3 Å². The first-order valence-corrected chi connectivity index (χ1v) is 8.84. The maximum Gasteiger partial charge on any atom is 0.343 e. The van der Waals surface area contributed by atoms with Gasteiger partial charge in [-0.25, -0.2) is 4.79 Å². The van der Waals surface area contributed by atoms with Crippen LogP contribution in [0.1, 0.15) is 29.8 Å². The molecular formula is C21H22O7. The van der Waals surface area contributed by atoms with Crippen molar-refractivity contribution in [3.8, 4) is 11.5 Å². The van der Waals surface area contributed by atoms with Crippen molar-refractivity contribution in [2.75, 3.05) is 6.61 Å². The summed E-state index contributed by atoms with van der Waals surface area (Å²) in [4.78, 5) is 25.4. The van der Waals surface area contributed by atoms with Crippen LogP contribution in [0.25, 0.3) is 0 Å². The van der Waals surface area contributed by atoms with Gasteiger partial charge in [-0.05, 0) is 56.2 Å². The van der Waals surface area contributed by atoms with Crippen molar-refractivity contribution < 1.29 is 34.4 Å². The molecule has 148 valence electrons. The molecule has 0 amide bonds. The average molecular weight is 386 g/mol. The van der Waals surface area contributed by atoms with Crippen molar-refractivity contribution in [1.29, 1.82) is 0 Å². The van der Waals surface area contributed by atoms with Crippen LogP contribution in [0.15, 0.2) is 47.8 Å². The third-order valence-electron chi connectivity index (χ3n) is 5.04. The van der Waals surface area contributed by atoms with Gasteiger partial charge in [0.25, 0.3) is 0 Å². The first-order chi connectivity index (χ1) is 13.2. The molecule has 3 N–H and O–H groups in total. The lowest BCUT2D eigenvalue weighted by molar-refractivity contribution is -0.152. The standard InChI is InChI=1S/C21H22O7/c1-4-5-14-7-12-8-17(24)21(3,19(25)15(12)10-27-14)28-20(26)18-11(2)6-13(22)9-16(18)23/h4-9,15,19,22-23,25H,10H2,1-3H3/t15-,19+,21-/m0/s1. The van der Waals surface area contributed by atoms with Gasteiger partial charge < -0.3 is 24.8 Å². The molecule has 0 aromatic heterocycles. The Kier molecular flexibility index (Phi) is 5.04. The van der Waals surface area contributed by atoms with Crippen molar-refractivity contribution >= 4 is 11.8 Å². The minimum Gasteiger partial charge on any atom is -0.508 e. The van der Waals surface area contributed by atoms with Crippen molar-refractivity contribution in [2.45, 2.75) is 32.5 Å². The van der Waals surface area contributed by atoms with Gasteiger partial charge in [-0.15, -0.1) is 0 Å². The number of ether oxygens (including phenoxy) is 2. The Labute approximate surface area is 162 Å². The number of phenols is 2. The van der Waals surface area contributed by atoms with Crippen molar-refractivity contribution in [3.63, 3.8) is 0 Å². The fourth-order valence-electron chi connectivity index (χ4n) is 3.47. The fraction of sp³-hybridized carbons (Fsp3) is 0.333. The number of hydrogen-bond donors (Lipinski definition) is 3. The fourth-order valence-corrected chi connectivity index (χ4v) is 3.47. The number of rotatable bonds is 3. The number of carbonyl (C=O) groups is 2. The number of aliphatic hydroxyl groups excluding tert-OH is 1. The first-order valence-electron chi connectivity index (χ1n) is 8.84. The zero-order chi connectivity index (χ0) is 20.6. The number of ketones is 1. The minimum absolute atomic E-state index is 0.132. The molecule has 0 saturated carbocycles. The third kappa shape index (κ3) is 3.29. The number of benzene rings is 1. The molecule has 7 nitrogen and oxygen atoms in total. The van der Waals surface area contributed by atoms with E-state index >= 15 is 0 Å². The molecule has 0 unspecified atom stereocenters. The van der Waals surface area contributed by atoms with E-state index in [9.17, 15) is 24.9 Å². The highest BCUT2D eigenvalue weighted by molar-refractivity contribution is 6.03. The molecule has 3 rings (SSSR count). The number of hydrogen-bond acceptors (Lipinski definition) is 7. The van der Waals surface area contributed by atoms with Gasteiger partial charge in [0.05, 0.1) is 6.61 Å². The van der Waals surface area contributed by atoms with Gasteiger partial charge in [-0.1, -0.05) is 6.08 Å². The lowest BCUT2D eigenvalue weighted by atomic mass is 9.74. The molecular weight excluding hydrogens is 364 g/mol. The summed E-state index contributed by atoms with van der Waals surface area (Å²) in [5.74, 6) is -2.17. The summed E-state index contributed by atoms with van der Waals surface area (Å²) in [7, 11) is 0. The lowest BCUT2D eigenvalue weighted by Gasteiger charge is -2.41. The molecule has 1 aliphatic carbocycles. The van der Waals surface area contributed by atoms with Gasteiger partial charge in [0.15, 0.2) is 5.60 Å². The second-order valence-corrected chi connectivity index (χ2v) is 7.07. The van der Waals surface area contributed by atoms with Gasteiger partial charge in [-0.2, -0.15) is 0 Å². The monoisotopic (exact) mass is 386 g/mol. The van der Waals surface area contributed by atoms with E-state index in [1.807, 2.05) is 6.92 Å². The summed E-state index contributed by atoms with van der Waals surface area (Å²) in [6.07, 6.45) is 5.24. The second kappa shape index (κ2) is 7.16. The number of aromatic hydroxyl groups is 2. The number of phenolic OH excluding ortho intramolecular Hbond substituents is 2. The summed E-state index contributed by atoms with van der Waals surface area (Å²) in [5, 5.41) is 30.3. The smallest absolute Gasteiger partial charge is 0.343 e. The number of fused-ring (bicyclic) bond motifs is 1. The van der Waals surface area contributed by atoms with Gasteiger partial charge in [-0.3, -0.25) is 4.79 Å². The Morgan fingerprint density at radius 3 is 2.68 bits per heavy atom. The second-order valence-electron chi connectivity index (χ2n) is 7.07. The zero-order valence-corrected chi connectivity index (χ0v) is 15.8. The predicted octanol–water partition coefficient (Wildman–Crippen LogP) is 2.30. The zero-order valence-electron chi connectivity index (χ0n) is 15.8. The van der Waals surface area contributed by atoms with Crippen molar-refractivity contribution in [3.05, 3.63) is 58.9 Å². The molecule has 1 heterocycles. The van der Waals surface area contributed by atoms with Crippen LogP contribution in [0.2, 0.25) is 0 Å². The van der Waals surface area contributed by atoms with Crippen molar-refractivity contribution in [2.24, 2.45) is 5.92 Å². The van der Waals surface area contributed by atoms with Gasteiger partial charge in [0, 0.05) is 12.0 Å². The number of esters is 1. The molecule has 0 saturated heterocycles. The number of aryl methyl sites for hydroxylation is 1. The molecule has 0 radical (unpaired) electrons. The van der Waals surface area contributed by atoms with E-state index in [2.05, 4.69) is 0 Å². The Balaban J connectivity index is 1.93. The molecule has 7 heteroatoms. The Morgan fingerprint density at radius 1 is 1.32 bits per heavy atom. The molecule has 0 bridgehead atoms. The third-order valence-corrected chi connectivity index (χ3v) is 5.04. The van der Waals surface area contributed by atoms with Crippen LogP contribution in [-0.4, -0.2) is 45.4 Å². The van der Waals surface area contributed by atoms with Crippen LogP contribution in [0.4, 0.5) is 0 Å². The molecule has 3 atom stereocenters. The van der Waals surface area contributed by atoms with E-state index in [0.717, 1.165) is 6.07 Å². The normalized spacial score (nSPS) is 26.9. The van der Waals surface area contributed by atoms with Gasteiger partial charge >= 0.3 is 5.97 Å². The van der Waals surface area contributed by atoms with Gasteiger partial charge in [0.2, 0.25) is 5.78 Å². The lowest BCUT2D eigenvalue weighted by Crippen LogP contribution is -2.57. The molecule has 1 aliphatic heterocycles. The Hall–Kier alpha value is -3.06. The van der Waals surface area contributed by atoms with E-state index in [0.29, 0.717) is 11.3 Å². The van der Waals surface area contributed by atoms with E-state index in [-0.39, 0.29) is 23.5 Å². The SMILES string of the molecule is CC=CC1=CC2=CC(=O)[C@](C)(OC(=O)c3c(C)cc(O)cc3O)[C@H](O)[C@H]2CO1. The number of allylic oxidation sites excluding steroid dienone is 3. The van der Waals surface area contributed by atoms with Crippen LogP contribution >= 0.6 is 0 Å². The minimum atomic E-state index is -1.84. The average Bonchev–Trinajstić information content (AvgIpc) is 2.59. The van der Waals surface area contributed by atoms with Crippen LogP contribution in [0, 0.1) is 12.8 Å². The topological polar surface area (TPSA) is 113 Å². The number of carbonyl (C=O) groups excluding carboxylic acids is 2. The molecule has 1 aromatic carbocycles. The van der Waals surface area contributed by atoms with E-state index < -0.39 is 35.1 Å². The van der Waals surface area contributed by atoms with Crippen LogP contribution in [0.3, 0.4) is 0 Å². The van der Waals surface area contributed by atoms with E-state index in [4.69, 9.17) is 9.47 Å². The predicted molar refractivity (Wildman–Crippen MR) is 99.8 cm³/mol. The van der Waals surface area contributed by atoms with Gasteiger partial charge in [0.1, 0.15) is 28.9 Å². The largest absolute Gasteiger partial charge is 0.508 e. The summed E-state index contributed by atoms with van der Waals surface area (Å²) in [6, 6.07) is 2.30. The summed E-state index contributed by atoms with van der Waals surface area (Å²) < 4.78 is 11.0. The highest BCUT2D eigenvalue weighted by Crippen LogP contribution is 2.38. The van der Waals surface area contributed by atoms with E-state index in [1.54, 1.807) is 18.2 Å². The van der Waals surface area contributed by atoms with E-state index in [1.165, 1.54) is 26.0 Å². The molecule has 28 heavy (non-hydrogen) atoms. The summed E-state index contributed by atoms with van der Waals surface area (Å²) >= 11 is 0. The molecule has 0 spiro atoms. The highest BCUT2D eigenvalue weighted by Gasteiger charge is 2.52. The van der Waals surface area contributed by atoms with Crippen LogP contribution in [0.5, 0.6) is 11.5 Å². The maximum absolute atomic E-state index is 12.7.